The second kappa shape index (κ2) is 8.00. The topological polar surface area (TPSA) is 54.4 Å². The van der Waals surface area contributed by atoms with Gasteiger partial charge in [0.25, 0.3) is 0 Å². The molecule has 20 heavy (non-hydrogen) atoms. The summed E-state index contributed by atoms with van der Waals surface area (Å²) in [7, 11) is 0. The van der Waals surface area contributed by atoms with Crippen LogP contribution in [0.4, 0.5) is 0 Å². The van der Waals surface area contributed by atoms with E-state index in [2.05, 4.69) is 0 Å². The first kappa shape index (κ1) is 16.6. The van der Waals surface area contributed by atoms with E-state index in [0.29, 0.717) is 17.5 Å². The molecule has 0 unspecified atom stereocenters. The minimum atomic E-state index is -0.859. The van der Waals surface area contributed by atoms with Crippen molar-refractivity contribution in [1.82, 2.24) is 0 Å². The number of carboxylic acids is 1. The number of hydrogen-bond donors (Lipinski definition) is 1. The van der Waals surface area contributed by atoms with Gasteiger partial charge in [-0.3, -0.25) is 9.59 Å². The van der Waals surface area contributed by atoms with E-state index in [1.165, 1.54) is 0 Å². The second-order valence-corrected chi connectivity index (χ2v) is 4.25. The van der Waals surface area contributed by atoms with Crippen molar-refractivity contribution in [3.05, 3.63) is 71.3 Å². The third kappa shape index (κ3) is 4.30. The van der Waals surface area contributed by atoms with Gasteiger partial charge in [-0.1, -0.05) is 54.6 Å². The Morgan fingerprint density at radius 1 is 0.900 bits per heavy atom. The number of carbonyl (C=O) groups is 2. The molecule has 0 radical (unpaired) electrons. The van der Waals surface area contributed by atoms with Crippen LogP contribution in [0.25, 0.3) is 0 Å². The Kier molecular flexibility index (Phi) is 6.65. The fraction of sp³-hybridized carbons (Fsp3) is 0.125. The van der Waals surface area contributed by atoms with Crippen molar-refractivity contribution < 1.29 is 14.7 Å². The molecule has 0 fully saturated rings. The van der Waals surface area contributed by atoms with Crippen LogP contribution in [0.5, 0.6) is 0 Å². The first-order chi connectivity index (χ1) is 9.18. The number of benzene rings is 2. The normalized spacial score (nSPS) is 9.60. The van der Waals surface area contributed by atoms with Crippen molar-refractivity contribution in [3.8, 4) is 0 Å². The molecule has 0 saturated heterocycles. The SMILES string of the molecule is O=C(O)CCc1ccccc1C(=O)c1ccccc1.[NaH]. The Bertz CT molecular complexity index is 594. The second-order valence-electron chi connectivity index (χ2n) is 4.25. The Hall–Kier alpha value is -1.42. The molecule has 0 atom stereocenters. The van der Waals surface area contributed by atoms with Crippen LogP contribution in [0, 0.1) is 0 Å². The van der Waals surface area contributed by atoms with Gasteiger partial charge in [-0.15, -0.1) is 0 Å². The first-order valence-corrected chi connectivity index (χ1v) is 6.08. The van der Waals surface area contributed by atoms with E-state index in [1.54, 1.807) is 30.3 Å². The predicted molar refractivity (Wildman–Crippen MR) is 79.4 cm³/mol. The molecule has 0 aromatic heterocycles. The van der Waals surface area contributed by atoms with Gasteiger partial charge < -0.3 is 5.11 Å². The molecule has 0 aliphatic heterocycles. The molecule has 1 N–H and O–H groups in total. The van der Waals surface area contributed by atoms with Crippen LogP contribution in [0.15, 0.2) is 54.6 Å². The van der Waals surface area contributed by atoms with Crippen molar-refractivity contribution >= 4 is 41.3 Å². The first-order valence-electron chi connectivity index (χ1n) is 6.08. The van der Waals surface area contributed by atoms with Gasteiger partial charge in [-0.2, -0.15) is 0 Å². The molecular weight excluding hydrogens is 263 g/mol. The zero-order valence-corrected chi connectivity index (χ0v) is 10.4. The molecule has 2 rings (SSSR count). The summed E-state index contributed by atoms with van der Waals surface area (Å²) in [4.78, 5) is 23.0. The van der Waals surface area contributed by atoms with Gasteiger partial charge in [-0.05, 0) is 12.0 Å². The summed E-state index contributed by atoms with van der Waals surface area (Å²) in [5.41, 5.74) is 1.97. The Labute approximate surface area is 139 Å². The molecule has 4 heteroatoms. The van der Waals surface area contributed by atoms with E-state index in [9.17, 15) is 9.59 Å². The molecule has 0 heterocycles. The molecule has 2 aromatic rings. The van der Waals surface area contributed by atoms with Crippen LogP contribution in [-0.2, 0) is 11.2 Å². The molecule has 0 spiro atoms. The zero-order chi connectivity index (χ0) is 13.7. The molecule has 0 amide bonds. The van der Waals surface area contributed by atoms with Gasteiger partial charge in [0.05, 0.1) is 0 Å². The Balaban J connectivity index is 0.00000200. The van der Waals surface area contributed by atoms with Gasteiger partial charge in [0.15, 0.2) is 5.78 Å². The molecule has 2 aromatic carbocycles. The monoisotopic (exact) mass is 278 g/mol. The van der Waals surface area contributed by atoms with E-state index in [1.807, 2.05) is 24.3 Å². The number of carbonyl (C=O) groups excluding carboxylic acids is 1. The van der Waals surface area contributed by atoms with Crippen molar-refractivity contribution in [1.29, 1.82) is 0 Å². The number of aryl methyl sites for hydroxylation is 1. The zero-order valence-electron chi connectivity index (χ0n) is 10.4. The summed E-state index contributed by atoms with van der Waals surface area (Å²) in [6, 6.07) is 16.2. The number of aliphatic carboxylic acids is 1. The average molecular weight is 278 g/mol. The van der Waals surface area contributed by atoms with E-state index >= 15 is 0 Å². The van der Waals surface area contributed by atoms with Crippen molar-refractivity contribution in [3.63, 3.8) is 0 Å². The van der Waals surface area contributed by atoms with Gasteiger partial charge >= 0.3 is 35.5 Å². The molecule has 0 aliphatic carbocycles. The van der Waals surface area contributed by atoms with Crippen LogP contribution in [0.3, 0.4) is 0 Å². The summed E-state index contributed by atoms with van der Waals surface area (Å²) in [5, 5.41) is 8.74. The van der Waals surface area contributed by atoms with Crippen LogP contribution < -0.4 is 0 Å². The summed E-state index contributed by atoms with van der Waals surface area (Å²) in [6.45, 7) is 0. The van der Waals surface area contributed by atoms with Crippen LogP contribution in [-0.4, -0.2) is 46.4 Å². The van der Waals surface area contributed by atoms with Gasteiger partial charge in [0.1, 0.15) is 0 Å². The number of ketones is 1. The number of carboxylic acid groups (broad SMARTS) is 1. The maximum atomic E-state index is 12.4. The number of hydrogen-bond acceptors (Lipinski definition) is 2. The fourth-order valence-electron chi connectivity index (χ4n) is 1.95. The molecule has 0 bridgehead atoms. The maximum absolute atomic E-state index is 12.4. The van der Waals surface area contributed by atoms with E-state index in [-0.39, 0.29) is 41.8 Å². The van der Waals surface area contributed by atoms with Crippen LogP contribution >= 0.6 is 0 Å². The van der Waals surface area contributed by atoms with E-state index < -0.39 is 5.97 Å². The summed E-state index contributed by atoms with van der Waals surface area (Å²) >= 11 is 0. The van der Waals surface area contributed by atoms with E-state index in [4.69, 9.17) is 5.11 Å². The van der Waals surface area contributed by atoms with Gasteiger partial charge in [-0.25, -0.2) is 0 Å². The van der Waals surface area contributed by atoms with Crippen molar-refractivity contribution in [2.24, 2.45) is 0 Å². The molecule has 0 saturated carbocycles. The standard InChI is InChI=1S/C16H14O3.Na.H/c17-15(18)11-10-12-6-4-5-9-14(12)16(19)13-7-2-1-3-8-13;;/h1-9H,10-11H2,(H,17,18);;. The van der Waals surface area contributed by atoms with Crippen molar-refractivity contribution in [2.45, 2.75) is 12.8 Å². The third-order valence-corrected chi connectivity index (χ3v) is 2.91. The van der Waals surface area contributed by atoms with Gasteiger partial charge in [0, 0.05) is 17.5 Å². The quantitative estimate of drug-likeness (QED) is 0.674. The Morgan fingerprint density at radius 2 is 1.50 bits per heavy atom. The Morgan fingerprint density at radius 3 is 2.15 bits per heavy atom. The van der Waals surface area contributed by atoms with Crippen LogP contribution in [0.1, 0.15) is 27.9 Å². The summed E-state index contributed by atoms with van der Waals surface area (Å²) in [6.07, 6.45) is 0.392. The summed E-state index contributed by atoms with van der Waals surface area (Å²) < 4.78 is 0. The molecular formula is C16H15NaO3. The molecule has 3 nitrogen and oxygen atoms in total. The molecule has 0 aliphatic rings. The summed E-state index contributed by atoms with van der Waals surface area (Å²) in [5.74, 6) is -0.927. The molecule has 98 valence electrons. The predicted octanol–water partition coefficient (Wildman–Crippen LogP) is 2.29. The van der Waals surface area contributed by atoms with E-state index in [0.717, 1.165) is 5.56 Å². The average Bonchev–Trinajstić information content (AvgIpc) is 2.45. The fourth-order valence-corrected chi connectivity index (χ4v) is 1.95. The number of rotatable bonds is 5. The van der Waals surface area contributed by atoms with Crippen molar-refractivity contribution in [2.75, 3.05) is 0 Å². The van der Waals surface area contributed by atoms with Gasteiger partial charge in [0.2, 0.25) is 0 Å². The van der Waals surface area contributed by atoms with Crippen LogP contribution in [0.2, 0.25) is 0 Å². The third-order valence-electron chi connectivity index (χ3n) is 2.91. The minimum absolute atomic E-state index is 0.